The molecule has 0 aliphatic carbocycles. The molecule has 17 heavy (non-hydrogen) atoms. The monoisotopic (exact) mass is 235 g/mol. The second-order valence-electron chi connectivity index (χ2n) is 4.57. The molecule has 0 spiro atoms. The average Bonchev–Trinajstić information content (AvgIpc) is 2.25. The molecule has 0 aliphatic heterocycles. The van der Waals surface area contributed by atoms with Gasteiger partial charge in [-0.3, -0.25) is 4.79 Å². The molecule has 0 fully saturated rings. The fraction of sp³-hybridized carbons (Fsp3) is 0.500. The smallest absolute Gasteiger partial charge is 0.227 e. The zero-order valence-corrected chi connectivity index (χ0v) is 10.8. The zero-order chi connectivity index (χ0) is 12.8. The highest BCUT2D eigenvalue weighted by Crippen LogP contribution is 2.08. The van der Waals surface area contributed by atoms with Crippen molar-refractivity contribution in [2.24, 2.45) is 0 Å². The van der Waals surface area contributed by atoms with E-state index in [1.54, 1.807) is 4.90 Å². The number of aliphatic hydroxyl groups excluding tert-OH is 1. The maximum atomic E-state index is 12.1. The van der Waals surface area contributed by atoms with Crippen LogP contribution in [0.2, 0.25) is 0 Å². The second kappa shape index (κ2) is 6.40. The normalized spacial score (nSPS) is 10.6. The standard InChI is InChI=1S/C14H21NO2/c1-11(2)15(7-8-16)14(17)10-13-6-4-5-12(3)9-13/h4-6,9,11,16H,7-8,10H2,1-3H3. The second-order valence-corrected chi connectivity index (χ2v) is 4.57. The SMILES string of the molecule is Cc1cccc(CC(=O)N(CCO)C(C)C)c1. The van der Waals surface area contributed by atoms with E-state index in [1.807, 2.05) is 45.0 Å². The minimum Gasteiger partial charge on any atom is -0.395 e. The highest BCUT2D eigenvalue weighted by molar-refractivity contribution is 5.79. The summed E-state index contributed by atoms with van der Waals surface area (Å²) in [5, 5.41) is 8.95. The number of aliphatic hydroxyl groups is 1. The summed E-state index contributed by atoms with van der Waals surface area (Å²) in [7, 11) is 0. The number of rotatable bonds is 5. The van der Waals surface area contributed by atoms with Gasteiger partial charge in [0, 0.05) is 12.6 Å². The molecule has 0 atom stereocenters. The van der Waals surface area contributed by atoms with Crippen molar-refractivity contribution in [1.29, 1.82) is 0 Å². The molecule has 0 aromatic heterocycles. The van der Waals surface area contributed by atoms with Gasteiger partial charge in [-0.05, 0) is 26.3 Å². The van der Waals surface area contributed by atoms with Gasteiger partial charge in [0.1, 0.15) is 0 Å². The molecule has 3 heteroatoms. The van der Waals surface area contributed by atoms with E-state index >= 15 is 0 Å². The number of hydrogen-bond acceptors (Lipinski definition) is 2. The van der Waals surface area contributed by atoms with Crippen molar-refractivity contribution >= 4 is 5.91 Å². The zero-order valence-electron chi connectivity index (χ0n) is 10.8. The van der Waals surface area contributed by atoms with Gasteiger partial charge in [-0.1, -0.05) is 29.8 Å². The van der Waals surface area contributed by atoms with Crippen LogP contribution in [0.5, 0.6) is 0 Å². The molecule has 1 aromatic rings. The Morgan fingerprint density at radius 3 is 2.65 bits per heavy atom. The Bertz CT molecular complexity index is 374. The Morgan fingerprint density at radius 2 is 2.12 bits per heavy atom. The van der Waals surface area contributed by atoms with Crippen LogP contribution in [0.3, 0.4) is 0 Å². The van der Waals surface area contributed by atoms with E-state index in [0.717, 1.165) is 11.1 Å². The highest BCUT2D eigenvalue weighted by Gasteiger charge is 2.16. The summed E-state index contributed by atoms with van der Waals surface area (Å²) in [6.07, 6.45) is 0.403. The van der Waals surface area contributed by atoms with Crippen LogP contribution < -0.4 is 0 Å². The van der Waals surface area contributed by atoms with Gasteiger partial charge in [-0.2, -0.15) is 0 Å². The fourth-order valence-corrected chi connectivity index (χ4v) is 1.88. The van der Waals surface area contributed by atoms with E-state index in [0.29, 0.717) is 13.0 Å². The molecular formula is C14H21NO2. The highest BCUT2D eigenvalue weighted by atomic mass is 16.3. The number of carbonyl (C=O) groups is 1. The molecule has 0 heterocycles. The van der Waals surface area contributed by atoms with Crippen LogP contribution >= 0.6 is 0 Å². The van der Waals surface area contributed by atoms with Gasteiger partial charge in [0.15, 0.2) is 0 Å². The number of carbonyl (C=O) groups excluding carboxylic acids is 1. The van der Waals surface area contributed by atoms with Crippen LogP contribution in [-0.4, -0.2) is 35.1 Å². The third-order valence-electron chi connectivity index (χ3n) is 2.72. The predicted molar refractivity (Wildman–Crippen MR) is 68.8 cm³/mol. The summed E-state index contributed by atoms with van der Waals surface area (Å²) in [5.41, 5.74) is 2.19. The van der Waals surface area contributed by atoms with E-state index in [-0.39, 0.29) is 18.6 Å². The lowest BCUT2D eigenvalue weighted by molar-refractivity contribution is -0.132. The maximum Gasteiger partial charge on any atom is 0.227 e. The minimum atomic E-state index is 0.0116. The largest absolute Gasteiger partial charge is 0.395 e. The molecule has 0 bridgehead atoms. The quantitative estimate of drug-likeness (QED) is 0.845. The van der Waals surface area contributed by atoms with E-state index in [4.69, 9.17) is 5.11 Å². The molecule has 0 saturated heterocycles. The Balaban J connectivity index is 2.69. The van der Waals surface area contributed by atoms with E-state index in [1.165, 1.54) is 0 Å². The Morgan fingerprint density at radius 1 is 1.41 bits per heavy atom. The summed E-state index contributed by atoms with van der Waals surface area (Å²) >= 11 is 0. The van der Waals surface area contributed by atoms with Gasteiger partial charge < -0.3 is 10.0 Å². The third-order valence-corrected chi connectivity index (χ3v) is 2.72. The summed E-state index contributed by atoms with van der Waals surface area (Å²) in [4.78, 5) is 13.8. The molecule has 1 aromatic carbocycles. The van der Waals surface area contributed by atoms with Crippen LogP contribution in [0.15, 0.2) is 24.3 Å². The van der Waals surface area contributed by atoms with Gasteiger partial charge >= 0.3 is 0 Å². The lowest BCUT2D eigenvalue weighted by Crippen LogP contribution is -2.39. The fourth-order valence-electron chi connectivity index (χ4n) is 1.88. The number of aryl methyl sites for hydroxylation is 1. The van der Waals surface area contributed by atoms with Gasteiger partial charge in [-0.15, -0.1) is 0 Å². The number of nitrogens with zero attached hydrogens (tertiary/aromatic N) is 1. The van der Waals surface area contributed by atoms with Crippen LogP contribution in [0.4, 0.5) is 0 Å². The average molecular weight is 235 g/mol. The minimum absolute atomic E-state index is 0.0116. The topological polar surface area (TPSA) is 40.5 Å². The van der Waals surface area contributed by atoms with E-state index < -0.39 is 0 Å². The molecule has 1 amide bonds. The molecule has 1 N–H and O–H groups in total. The molecule has 3 nitrogen and oxygen atoms in total. The first-order chi connectivity index (χ1) is 8.04. The number of benzene rings is 1. The predicted octanol–water partition coefficient (Wildman–Crippen LogP) is 1.77. The molecule has 0 aliphatic rings. The van der Waals surface area contributed by atoms with E-state index in [2.05, 4.69) is 0 Å². The molecule has 0 radical (unpaired) electrons. The summed E-state index contributed by atoms with van der Waals surface area (Å²) < 4.78 is 0. The number of amides is 1. The third kappa shape index (κ3) is 4.19. The van der Waals surface area contributed by atoms with Crippen molar-refractivity contribution in [2.75, 3.05) is 13.2 Å². The van der Waals surface area contributed by atoms with Crippen LogP contribution in [-0.2, 0) is 11.2 Å². The van der Waals surface area contributed by atoms with Crippen LogP contribution in [0, 0.1) is 6.92 Å². The van der Waals surface area contributed by atoms with Crippen molar-refractivity contribution in [3.8, 4) is 0 Å². The molecule has 1 rings (SSSR count). The first kappa shape index (κ1) is 13.7. The molecule has 0 saturated carbocycles. The van der Waals surface area contributed by atoms with Gasteiger partial charge in [0.25, 0.3) is 0 Å². The Labute approximate surface area is 103 Å². The van der Waals surface area contributed by atoms with E-state index in [9.17, 15) is 4.79 Å². The molecule has 0 unspecified atom stereocenters. The van der Waals surface area contributed by atoms with Crippen molar-refractivity contribution in [2.45, 2.75) is 33.2 Å². The summed E-state index contributed by atoms with van der Waals surface area (Å²) in [6.45, 7) is 6.36. The van der Waals surface area contributed by atoms with Crippen LogP contribution in [0.1, 0.15) is 25.0 Å². The Hall–Kier alpha value is -1.35. The van der Waals surface area contributed by atoms with Crippen molar-refractivity contribution in [3.63, 3.8) is 0 Å². The lowest BCUT2D eigenvalue weighted by atomic mass is 10.1. The molecule has 94 valence electrons. The maximum absolute atomic E-state index is 12.1. The number of hydrogen-bond donors (Lipinski definition) is 1. The molecular weight excluding hydrogens is 214 g/mol. The van der Waals surface area contributed by atoms with Gasteiger partial charge in [-0.25, -0.2) is 0 Å². The van der Waals surface area contributed by atoms with Crippen LogP contribution in [0.25, 0.3) is 0 Å². The van der Waals surface area contributed by atoms with Crippen molar-refractivity contribution in [1.82, 2.24) is 4.90 Å². The van der Waals surface area contributed by atoms with Gasteiger partial charge in [0.05, 0.1) is 13.0 Å². The van der Waals surface area contributed by atoms with Gasteiger partial charge in [0.2, 0.25) is 5.91 Å². The van der Waals surface area contributed by atoms with Crippen molar-refractivity contribution < 1.29 is 9.90 Å². The first-order valence-electron chi connectivity index (χ1n) is 6.00. The summed E-state index contributed by atoms with van der Waals surface area (Å²) in [6, 6.07) is 8.09. The van der Waals surface area contributed by atoms with Crippen molar-refractivity contribution in [3.05, 3.63) is 35.4 Å². The Kier molecular flexibility index (Phi) is 5.16. The first-order valence-corrected chi connectivity index (χ1v) is 6.00. The summed E-state index contributed by atoms with van der Waals surface area (Å²) in [5.74, 6) is 0.0691. The lowest BCUT2D eigenvalue weighted by Gasteiger charge is -2.26.